The van der Waals surface area contributed by atoms with Crippen LogP contribution in [0.4, 0.5) is 4.39 Å². The van der Waals surface area contributed by atoms with Crippen LogP contribution in [0.5, 0.6) is 0 Å². The summed E-state index contributed by atoms with van der Waals surface area (Å²) in [6.07, 6.45) is 1.04. The number of fused-ring (bicyclic) bond motifs is 1. The van der Waals surface area contributed by atoms with E-state index in [-0.39, 0.29) is 5.02 Å². The van der Waals surface area contributed by atoms with Crippen LogP contribution in [0.25, 0.3) is 11.0 Å². The first-order valence-corrected chi connectivity index (χ1v) is 6.99. The maximum absolute atomic E-state index is 14.0. The van der Waals surface area contributed by atoms with Gasteiger partial charge in [-0.2, -0.15) is 0 Å². The standard InChI is InChI=1S/C13H14BrClFNO/c1-3-4-17-6-10-7(2)11-12(16)9(15)5-8(14)13(11)18-10/h5,17H,3-4,6H2,1-2H3. The van der Waals surface area contributed by atoms with Gasteiger partial charge in [0.1, 0.15) is 5.76 Å². The molecule has 1 aromatic carbocycles. The molecule has 0 saturated carbocycles. The molecule has 0 aliphatic heterocycles. The van der Waals surface area contributed by atoms with E-state index in [4.69, 9.17) is 16.0 Å². The van der Waals surface area contributed by atoms with E-state index in [1.807, 2.05) is 6.92 Å². The van der Waals surface area contributed by atoms with Gasteiger partial charge in [-0.1, -0.05) is 18.5 Å². The summed E-state index contributed by atoms with van der Waals surface area (Å²) >= 11 is 9.18. The van der Waals surface area contributed by atoms with E-state index in [9.17, 15) is 4.39 Å². The van der Waals surface area contributed by atoms with Crippen LogP contribution in [0.3, 0.4) is 0 Å². The summed E-state index contributed by atoms with van der Waals surface area (Å²) < 4.78 is 20.4. The van der Waals surface area contributed by atoms with Crippen LogP contribution in [0.15, 0.2) is 15.0 Å². The molecule has 1 aromatic heterocycles. The SMILES string of the molecule is CCCNCc1oc2c(Br)cc(Cl)c(F)c2c1C. The van der Waals surface area contributed by atoms with E-state index >= 15 is 0 Å². The molecule has 2 nitrogen and oxygen atoms in total. The normalized spacial score (nSPS) is 11.4. The van der Waals surface area contributed by atoms with Crippen LogP contribution in [0.1, 0.15) is 24.7 Å². The molecular weight excluding hydrogens is 321 g/mol. The smallest absolute Gasteiger partial charge is 0.153 e. The van der Waals surface area contributed by atoms with E-state index in [0.29, 0.717) is 22.0 Å². The van der Waals surface area contributed by atoms with Crippen molar-refractivity contribution in [2.45, 2.75) is 26.8 Å². The van der Waals surface area contributed by atoms with E-state index in [2.05, 4.69) is 28.2 Å². The summed E-state index contributed by atoms with van der Waals surface area (Å²) in [5.41, 5.74) is 1.32. The van der Waals surface area contributed by atoms with Gasteiger partial charge in [0.25, 0.3) is 0 Å². The summed E-state index contributed by atoms with van der Waals surface area (Å²) in [5.74, 6) is 0.332. The molecule has 0 aliphatic carbocycles. The number of halogens is 3. The number of aryl methyl sites for hydroxylation is 1. The van der Waals surface area contributed by atoms with Gasteiger partial charge in [-0.3, -0.25) is 0 Å². The zero-order valence-corrected chi connectivity index (χ0v) is 12.6. The number of furan rings is 1. The predicted octanol–water partition coefficient (Wildman–Crippen LogP) is 4.80. The van der Waals surface area contributed by atoms with Gasteiger partial charge in [-0.25, -0.2) is 4.39 Å². The van der Waals surface area contributed by atoms with Crippen LogP contribution in [0, 0.1) is 12.7 Å². The third-order valence-electron chi connectivity index (χ3n) is 2.86. The van der Waals surface area contributed by atoms with Gasteiger partial charge >= 0.3 is 0 Å². The predicted molar refractivity (Wildman–Crippen MR) is 75.6 cm³/mol. The number of hydrogen-bond donors (Lipinski definition) is 1. The molecule has 18 heavy (non-hydrogen) atoms. The fourth-order valence-corrected chi connectivity index (χ4v) is 2.74. The molecule has 0 saturated heterocycles. The molecule has 0 radical (unpaired) electrons. The summed E-state index contributed by atoms with van der Waals surface area (Å²) in [4.78, 5) is 0. The molecule has 0 atom stereocenters. The average molecular weight is 335 g/mol. The second-order valence-electron chi connectivity index (χ2n) is 4.19. The molecule has 2 aromatic rings. The maximum atomic E-state index is 14.0. The highest BCUT2D eigenvalue weighted by Gasteiger charge is 2.18. The van der Waals surface area contributed by atoms with E-state index < -0.39 is 5.82 Å². The number of nitrogens with one attached hydrogen (secondary N) is 1. The van der Waals surface area contributed by atoms with Crippen LogP contribution < -0.4 is 5.32 Å². The molecule has 0 amide bonds. The zero-order valence-electron chi connectivity index (χ0n) is 10.2. The first-order valence-electron chi connectivity index (χ1n) is 5.82. The van der Waals surface area contributed by atoms with Crippen molar-refractivity contribution in [3.05, 3.63) is 32.7 Å². The number of benzene rings is 1. The Morgan fingerprint density at radius 1 is 1.50 bits per heavy atom. The van der Waals surface area contributed by atoms with E-state index in [1.165, 1.54) is 6.07 Å². The highest BCUT2D eigenvalue weighted by atomic mass is 79.9. The van der Waals surface area contributed by atoms with Crippen molar-refractivity contribution in [1.29, 1.82) is 0 Å². The van der Waals surface area contributed by atoms with Crippen molar-refractivity contribution in [2.75, 3.05) is 6.54 Å². The van der Waals surface area contributed by atoms with Gasteiger partial charge in [-0.05, 0) is 41.9 Å². The van der Waals surface area contributed by atoms with E-state index in [1.54, 1.807) is 0 Å². The quantitative estimate of drug-likeness (QED) is 0.642. The Kier molecular flexibility index (Phi) is 4.30. The van der Waals surface area contributed by atoms with Gasteiger partial charge < -0.3 is 9.73 Å². The first-order chi connectivity index (χ1) is 8.56. The molecular formula is C13H14BrClFNO. The van der Waals surface area contributed by atoms with Crippen LogP contribution in [0.2, 0.25) is 5.02 Å². The Balaban J connectivity index is 2.49. The van der Waals surface area contributed by atoms with Crippen molar-refractivity contribution < 1.29 is 8.81 Å². The monoisotopic (exact) mass is 333 g/mol. The number of hydrogen-bond acceptors (Lipinski definition) is 2. The second kappa shape index (κ2) is 5.59. The molecule has 1 N–H and O–H groups in total. The molecule has 98 valence electrons. The molecule has 0 bridgehead atoms. The molecule has 0 spiro atoms. The van der Waals surface area contributed by atoms with Crippen molar-refractivity contribution in [1.82, 2.24) is 5.32 Å². The van der Waals surface area contributed by atoms with Crippen molar-refractivity contribution in [2.24, 2.45) is 0 Å². The van der Waals surface area contributed by atoms with Crippen molar-refractivity contribution >= 4 is 38.5 Å². The highest BCUT2D eigenvalue weighted by Crippen LogP contribution is 2.36. The Hall–Kier alpha value is -0.580. The molecule has 0 unspecified atom stereocenters. The summed E-state index contributed by atoms with van der Waals surface area (Å²) in [6, 6.07) is 1.52. The maximum Gasteiger partial charge on any atom is 0.153 e. The minimum atomic E-state index is -0.419. The minimum Gasteiger partial charge on any atom is -0.458 e. The lowest BCUT2D eigenvalue weighted by molar-refractivity contribution is 0.509. The topological polar surface area (TPSA) is 25.2 Å². The molecule has 2 rings (SSSR count). The minimum absolute atomic E-state index is 0.103. The van der Waals surface area contributed by atoms with Crippen LogP contribution in [-0.2, 0) is 6.54 Å². The second-order valence-corrected chi connectivity index (χ2v) is 5.45. The van der Waals surface area contributed by atoms with Crippen LogP contribution in [-0.4, -0.2) is 6.54 Å². The fourth-order valence-electron chi connectivity index (χ4n) is 1.90. The summed E-state index contributed by atoms with van der Waals surface area (Å²) in [6.45, 7) is 5.44. The Morgan fingerprint density at radius 2 is 2.22 bits per heavy atom. The molecule has 1 heterocycles. The molecule has 0 aliphatic rings. The van der Waals surface area contributed by atoms with Crippen LogP contribution >= 0.6 is 27.5 Å². The van der Waals surface area contributed by atoms with Crippen molar-refractivity contribution in [3.63, 3.8) is 0 Å². The van der Waals surface area contributed by atoms with Gasteiger partial charge in [0, 0.05) is 5.56 Å². The number of rotatable bonds is 4. The molecule has 5 heteroatoms. The lowest BCUT2D eigenvalue weighted by Crippen LogP contribution is -2.13. The van der Waals surface area contributed by atoms with Gasteiger partial charge in [0.2, 0.25) is 0 Å². The average Bonchev–Trinajstić information content (AvgIpc) is 2.65. The summed E-state index contributed by atoms with van der Waals surface area (Å²) in [7, 11) is 0. The third kappa shape index (κ3) is 2.42. The summed E-state index contributed by atoms with van der Waals surface area (Å²) in [5, 5.41) is 3.81. The lowest BCUT2D eigenvalue weighted by atomic mass is 10.1. The fraction of sp³-hybridized carbons (Fsp3) is 0.385. The Bertz CT molecular complexity index is 582. The highest BCUT2D eigenvalue weighted by molar-refractivity contribution is 9.10. The molecule has 0 fully saturated rings. The van der Waals surface area contributed by atoms with E-state index in [0.717, 1.165) is 24.3 Å². The Labute approximate surface area is 119 Å². The Morgan fingerprint density at radius 3 is 2.89 bits per heavy atom. The van der Waals surface area contributed by atoms with Gasteiger partial charge in [0.15, 0.2) is 11.4 Å². The zero-order chi connectivity index (χ0) is 13.3. The lowest BCUT2D eigenvalue weighted by Gasteiger charge is -2.00. The largest absolute Gasteiger partial charge is 0.458 e. The van der Waals surface area contributed by atoms with Gasteiger partial charge in [-0.15, -0.1) is 0 Å². The third-order valence-corrected chi connectivity index (χ3v) is 3.72. The van der Waals surface area contributed by atoms with Gasteiger partial charge in [0.05, 0.1) is 21.4 Å². The van der Waals surface area contributed by atoms with Crippen molar-refractivity contribution in [3.8, 4) is 0 Å². The first kappa shape index (κ1) is 13.8.